The maximum Gasteiger partial charge on any atom is 0.283 e. The maximum atomic E-state index is 11.9. The van der Waals surface area contributed by atoms with Crippen LogP contribution in [0.1, 0.15) is 71.9 Å². The summed E-state index contributed by atoms with van der Waals surface area (Å²) in [5, 5.41) is 29.7. The van der Waals surface area contributed by atoms with E-state index < -0.39 is 9.85 Å². The summed E-state index contributed by atoms with van der Waals surface area (Å²) in [5.41, 5.74) is 4.97. The van der Waals surface area contributed by atoms with Gasteiger partial charge in [0, 0.05) is 25.0 Å². The van der Waals surface area contributed by atoms with Gasteiger partial charge in [-0.05, 0) is 25.7 Å². The van der Waals surface area contributed by atoms with E-state index in [0.717, 1.165) is 12.8 Å². The third-order valence-electron chi connectivity index (χ3n) is 4.97. The highest BCUT2D eigenvalue weighted by molar-refractivity contribution is 7.14. The number of hydrogen-bond acceptors (Lipinski definition) is 10. The minimum atomic E-state index is -0.426. The van der Waals surface area contributed by atoms with Crippen LogP contribution in [0, 0.1) is 20.2 Å². The molecule has 0 saturated heterocycles. The molecule has 194 valence electrons. The first-order valence-corrected chi connectivity index (χ1v) is 13.1. The smallest absolute Gasteiger partial charge is 0.273 e. The fourth-order valence-corrected chi connectivity index (χ4v) is 5.08. The molecule has 0 unspecified atom stereocenters. The van der Waals surface area contributed by atoms with Crippen molar-refractivity contribution < 1.29 is 19.4 Å². The van der Waals surface area contributed by atoms with Crippen LogP contribution < -0.4 is 10.9 Å². The fourth-order valence-electron chi connectivity index (χ4n) is 3.19. The molecule has 2 amide bonds. The zero-order valence-corrected chi connectivity index (χ0v) is 21.7. The van der Waals surface area contributed by atoms with Gasteiger partial charge in [0.1, 0.15) is 0 Å². The third-order valence-corrected chi connectivity index (χ3v) is 7.37. The lowest BCUT2D eigenvalue weighted by Crippen LogP contribution is -2.17. The van der Waals surface area contributed by atoms with E-state index in [1.807, 2.05) is 13.8 Å². The van der Waals surface area contributed by atoms with Gasteiger partial charge in [-0.25, -0.2) is 10.9 Å². The first-order chi connectivity index (χ1) is 17.2. The predicted octanol–water partition coefficient (Wildman–Crippen LogP) is 4.69. The summed E-state index contributed by atoms with van der Waals surface area (Å²) >= 11 is 2.54. The van der Waals surface area contributed by atoms with Crippen molar-refractivity contribution in [3.8, 4) is 0 Å². The van der Waals surface area contributed by atoms with Gasteiger partial charge in [-0.2, -0.15) is 10.2 Å². The number of rotatable bonds is 15. The number of unbranched alkanes of at least 4 members (excludes halogenated alkanes) is 3. The minimum absolute atomic E-state index is 0.0649. The molecule has 0 aliphatic heterocycles. The molecule has 2 aromatic heterocycles. The quantitative estimate of drug-likeness (QED) is 0.145. The topological polar surface area (TPSA) is 169 Å². The van der Waals surface area contributed by atoms with Gasteiger partial charge in [-0.1, -0.05) is 26.7 Å². The summed E-state index contributed by atoms with van der Waals surface area (Å²) < 4.78 is 0. The van der Waals surface area contributed by atoms with Crippen LogP contribution in [0.3, 0.4) is 0 Å². The Kier molecular flexibility index (Phi) is 11.8. The van der Waals surface area contributed by atoms with Gasteiger partial charge >= 0.3 is 0 Å². The van der Waals surface area contributed by atoms with Crippen molar-refractivity contribution in [1.82, 2.24) is 10.9 Å². The van der Waals surface area contributed by atoms with E-state index in [4.69, 9.17) is 0 Å². The van der Waals surface area contributed by atoms with Crippen molar-refractivity contribution >= 4 is 58.3 Å². The number of aryl methyl sites for hydroxylation is 2. The van der Waals surface area contributed by atoms with Gasteiger partial charge in [0.05, 0.1) is 41.8 Å². The number of carbonyl (C=O) groups excluding carboxylic acids is 2. The number of carbonyl (C=O) groups is 2. The second-order valence-corrected chi connectivity index (χ2v) is 9.97. The van der Waals surface area contributed by atoms with Crippen LogP contribution in [0.5, 0.6) is 0 Å². The van der Waals surface area contributed by atoms with Gasteiger partial charge in [0.25, 0.3) is 11.4 Å². The predicted molar refractivity (Wildman–Crippen MR) is 140 cm³/mol. The molecule has 14 heteroatoms. The number of hydrazone groups is 2. The molecule has 0 saturated carbocycles. The van der Waals surface area contributed by atoms with Crippen molar-refractivity contribution in [2.75, 3.05) is 0 Å². The number of thiophene rings is 2. The zero-order valence-electron chi connectivity index (χ0n) is 20.0. The SMILES string of the molecule is CCc1sc(C=NNC(=O)CCCCCCC(=O)NN=Cc2cc([N+](=O)[O-])c(CC)s2)cc1[N+](=O)[O-]. The molecule has 36 heavy (non-hydrogen) atoms. The minimum Gasteiger partial charge on any atom is -0.273 e. The zero-order chi connectivity index (χ0) is 26.5. The number of nitrogens with zero attached hydrogens (tertiary/aromatic N) is 4. The normalized spacial score (nSPS) is 11.3. The van der Waals surface area contributed by atoms with Crippen LogP contribution in [0.25, 0.3) is 0 Å². The Balaban J connectivity index is 1.59. The Bertz CT molecular complexity index is 1050. The van der Waals surface area contributed by atoms with Crippen LogP contribution in [0.4, 0.5) is 11.4 Å². The van der Waals surface area contributed by atoms with E-state index in [9.17, 15) is 29.8 Å². The number of amides is 2. The Morgan fingerprint density at radius 1 is 0.806 bits per heavy atom. The van der Waals surface area contributed by atoms with E-state index in [0.29, 0.717) is 45.2 Å². The van der Waals surface area contributed by atoms with Gasteiger partial charge in [-0.15, -0.1) is 22.7 Å². The highest BCUT2D eigenvalue weighted by Gasteiger charge is 2.17. The van der Waals surface area contributed by atoms with Crippen LogP contribution in [-0.4, -0.2) is 34.1 Å². The fraction of sp³-hybridized carbons (Fsp3) is 0.455. The summed E-state index contributed by atoms with van der Waals surface area (Å²) in [4.78, 5) is 47.4. The van der Waals surface area contributed by atoms with E-state index >= 15 is 0 Å². The summed E-state index contributed by atoms with van der Waals surface area (Å²) in [5.74, 6) is -0.500. The highest BCUT2D eigenvalue weighted by atomic mass is 32.1. The molecule has 0 bridgehead atoms. The lowest BCUT2D eigenvalue weighted by atomic mass is 10.1. The van der Waals surface area contributed by atoms with Crippen molar-refractivity contribution in [2.24, 2.45) is 10.2 Å². The number of nitrogens with one attached hydrogen (secondary N) is 2. The van der Waals surface area contributed by atoms with Crippen molar-refractivity contribution in [3.05, 3.63) is 51.9 Å². The second kappa shape index (κ2) is 14.8. The molecule has 0 fully saturated rings. The number of nitro groups is 2. The molecular weight excluding hydrogens is 508 g/mol. The van der Waals surface area contributed by atoms with Crippen LogP contribution >= 0.6 is 22.7 Å². The van der Waals surface area contributed by atoms with Gasteiger partial charge in [-0.3, -0.25) is 29.8 Å². The van der Waals surface area contributed by atoms with Gasteiger partial charge in [0.2, 0.25) is 11.8 Å². The molecular formula is C22H28N6O6S2. The standard InChI is InChI=1S/C22H28N6O6S2/c1-3-19-17(27(31)32)11-15(35-19)13-23-25-21(29)9-7-5-6-8-10-22(30)26-24-14-16-12-18(28(33)34)20(4-2)36-16/h11-14H,3-10H2,1-2H3,(H,25,29)(H,26,30). The van der Waals surface area contributed by atoms with Gasteiger partial charge < -0.3 is 0 Å². The van der Waals surface area contributed by atoms with E-state index in [1.165, 1.54) is 47.2 Å². The maximum absolute atomic E-state index is 11.9. The molecule has 2 rings (SSSR count). The van der Waals surface area contributed by atoms with E-state index in [2.05, 4.69) is 21.1 Å². The Hall–Kier alpha value is -3.52. The largest absolute Gasteiger partial charge is 0.283 e. The molecule has 0 aliphatic carbocycles. The lowest BCUT2D eigenvalue weighted by Gasteiger charge is -2.01. The van der Waals surface area contributed by atoms with Crippen molar-refractivity contribution in [2.45, 2.75) is 65.2 Å². The van der Waals surface area contributed by atoms with Crippen LogP contribution in [-0.2, 0) is 22.4 Å². The molecule has 2 aromatic rings. The summed E-state index contributed by atoms with van der Waals surface area (Å²) in [6, 6.07) is 2.88. The summed E-state index contributed by atoms with van der Waals surface area (Å²) in [6.45, 7) is 3.68. The van der Waals surface area contributed by atoms with Crippen molar-refractivity contribution in [3.63, 3.8) is 0 Å². The van der Waals surface area contributed by atoms with Gasteiger partial charge in [0.15, 0.2) is 0 Å². The van der Waals surface area contributed by atoms with E-state index in [1.54, 1.807) is 0 Å². The highest BCUT2D eigenvalue weighted by Crippen LogP contribution is 2.29. The summed E-state index contributed by atoms with van der Waals surface area (Å²) in [7, 11) is 0. The monoisotopic (exact) mass is 536 g/mol. The molecule has 0 atom stereocenters. The third kappa shape index (κ3) is 9.26. The Morgan fingerprint density at radius 2 is 1.19 bits per heavy atom. The van der Waals surface area contributed by atoms with Crippen LogP contribution in [0.15, 0.2) is 22.3 Å². The second-order valence-electron chi connectivity index (χ2n) is 7.64. The molecule has 2 heterocycles. The van der Waals surface area contributed by atoms with Crippen LogP contribution in [0.2, 0.25) is 0 Å². The first kappa shape index (κ1) is 28.7. The van der Waals surface area contributed by atoms with Crippen molar-refractivity contribution in [1.29, 1.82) is 0 Å². The molecule has 12 nitrogen and oxygen atoms in total. The molecule has 2 N–H and O–H groups in total. The van der Waals surface area contributed by atoms with E-state index in [-0.39, 0.29) is 36.0 Å². The summed E-state index contributed by atoms with van der Waals surface area (Å²) in [6.07, 6.45) is 7.29. The Morgan fingerprint density at radius 3 is 1.50 bits per heavy atom. The first-order valence-electron chi connectivity index (χ1n) is 11.4. The lowest BCUT2D eigenvalue weighted by molar-refractivity contribution is -0.385. The molecule has 0 spiro atoms. The average molecular weight is 537 g/mol. The molecule has 0 aromatic carbocycles. The molecule has 0 radical (unpaired) electrons. The molecule has 0 aliphatic rings. The number of hydrogen-bond donors (Lipinski definition) is 2. The Labute approximate surface area is 215 Å². The average Bonchev–Trinajstić information content (AvgIpc) is 3.45.